The lowest BCUT2D eigenvalue weighted by Crippen LogP contribution is -2.33. The van der Waals surface area contributed by atoms with E-state index in [0.717, 1.165) is 50.0 Å². The summed E-state index contributed by atoms with van der Waals surface area (Å²) < 4.78 is 18.6. The number of piperidine rings is 1. The minimum absolute atomic E-state index is 0. The predicted molar refractivity (Wildman–Crippen MR) is 115 cm³/mol. The summed E-state index contributed by atoms with van der Waals surface area (Å²) in [6.07, 6.45) is 5.78. The third-order valence-corrected chi connectivity index (χ3v) is 6.67. The Labute approximate surface area is 175 Å². The molecule has 0 aliphatic carbocycles. The second kappa shape index (κ2) is 9.83. The lowest BCUT2D eigenvalue weighted by atomic mass is 9.91. The van der Waals surface area contributed by atoms with Gasteiger partial charge in [0.05, 0.1) is 5.69 Å². The fourth-order valence-corrected chi connectivity index (χ4v) is 4.89. The molecule has 0 bridgehead atoms. The fourth-order valence-electron chi connectivity index (χ4n) is 3.96. The molecule has 2 aromatic heterocycles. The van der Waals surface area contributed by atoms with Crippen molar-refractivity contribution in [2.45, 2.75) is 44.6 Å². The van der Waals surface area contributed by atoms with E-state index in [9.17, 15) is 4.39 Å². The molecule has 0 amide bonds. The number of thiophene rings is 1. The maximum atomic E-state index is 13.3. The van der Waals surface area contributed by atoms with Gasteiger partial charge in [0.25, 0.3) is 0 Å². The average Bonchev–Trinajstić information content (AvgIpc) is 3.32. The van der Waals surface area contributed by atoms with Crippen LogP contribution in [0.1, 0.15) is 47.0 Å². The van der Waals surface area contributed by atoms with Gasteiger partial charge in [-0.2, -0.15) is 0 Å². The first-order chi connectivity index (χ1) is 13.2. The molecule has 2 N–H and O–H groups in total. The summed E-state index contributed by atoms with van der Waals surface area (Å²) in [7, 11) is 0. The Morgan fingerprint density at radius 3 is 2.68 bits per heavy atom. The van der Waals surface area contributed by atoms with Crippen LogP contribution in [0, 0.1) is 5.82 Å². The number of unbranched alkanes of at least 4 members (excludes halogenated alkanes) is 1. The number of nitrogens with zero attached hydrogens (tertiary/aromatic N) is 2. The number of aromatic nitrogens is 1. The number of rotatable bonds is 7. The summed E-state index contributed by atoms with van der Waals surface area (Å²) in [6.45, 7) is 4.00. The summed E-state index contributed by atoms with van der Waals surface area (Å²) >= 11 is 1.84. The number of likely N-dealkylation sites (tertiary alicyclic amines) is 1. The second-order valence-corrected chi connectivity index (χ2v) is 8.61. The molecule has 1 aliphatic rings. The molecule has 1 saturated heterocycles. The van der Waals surface area contributed by atoms with Crippen LogP contribution in [0.4, 0.5) is 4.39 Å². The highest BCUT2D eigenvalue weighted by atomic mass is 35.5. The zero-order valence-electron chi connectivity index (χ0n) is 15.9. The molecule has 0 unspecified atom stereocenters. The first-order valence-electron chi connectivity index (χ1n) is 9.78. The lowest BCUT2D eigenvalue weighted by Gasteiger charge is -2.31. The second-order valence-electron chi connectivity index (χ2n) is 7.35. The summed E-state index contributed by atoms with van der Waals surface area (Å²) in [6, 6.07) is 9.07. The zero-order chi connectivity index (χ0) is 18.6. The van der Waals surface area contributed by atoms with Gasteiger partial charge in [0.1, 0.15) is 5.82 Å². The Morgan fingerprint density at radius 2 is 1.93 bits per heavy atom. The van der Waals surface area contributed by atoms with Gasteiger partial charge in [-0.15, -0.1) is 23.7 Å². The van der Waals surface area contributed by atoms with Crippen molar-refractivity contribution in [2.24, 2.45) is 5.73 Å². The molecule has 7 heteroatoms. The molecular weight excluding hydrogens is 397 g/mol. The van der Waals surface area contributed by atoms with E-state index in [0.29, 0.717) is 18.0 Å². The summed E-state index contributed by atoms with van der Waals surface area (Å²) in [5, 5.41) is 5.20. The standard InChI is InChI=1S/C21H26FN3OS.ClH/c22-16-4-7-19-20(13-16)26-24-21(19)15-8-11-25(12-9-15)10-2-1-3-17-5-6-18(14-23)27-17;/h4-7,13,15H,1-3,8-12,14,23H2;1H. The van der Waals surface area contributed by atoms with Gasteiger partial charge < -0.3 is 15.2 Å². The minimum atomic E-state index is -0.276. The highest BCUT2D eigenvalue weighted by Gasteiger charge is 2.24. The molecular formula is C21H27ClFN3OS. The van der Waals surface area contributed by atoms with Crippen LogP contribution >= 0.6 is 23.7 Å². The molecule has 28 heavy (non-hydrogen) atoms. The lowest BCUT2D eigenvalue weighted by molar-refractivity contribution is 0.206. The smallest absolute Gasteiger partial charge is 0.170 e. The van der Waals surface area contributed by atoms with Crippen molar-refractivity contribution in [3.63, 3.8) is 0 Å². The molecule has 1 fully saturated rings. The molecule has 0 spiro atoms. The van der Waals surface area contributed by atoms with Gasteiger partial charge in [-0.25, -0.2) is 4.39 Å². The van der Waals surface area contributed by atoms with Crippen LogP contribution in [0.5, 0.6) is 0 Å². The van der Waals surface area contributed by atoms with Gasteiger partial charge in [-0.05, 0) is 76.0 Å². The number of fused-ring (bicyclic) bond motifs is 1. The molecule has 4 rings (SSSR count). The highest BCUT2D eigenvalue weighted by Crippen LogP contribution is 2.32. The number of hydrogen-bond acceptors (Lipinski definition) is 5. The fraction of sp³-hybridized carbons (Fsp3) is 0.476. The van der Waals surface area contributed by atoms with Gasteiger partial charge in [0.2, 0.25) is 0 Å². The highest BCUT2D eigenvalue weighted by molar-refractivity contribution is 7.11. The van der Waals surface area contributed by atoms with Crippen LogP contribution in [-0.2, 0) is 13.0 Å². The van der Waals surface area contributed by atoms with Gasteiger partial charge in [-0.1, -0.05) is 5.16 Å². The van der Waals surface area contributed by atoms with E-state index in [2.05, 4.69) is 22.2 Å². The Hall–Kier alpha value is -1.47. The maximum absolute atomic E-state index is 13.3. The first-order valence-corrected chi connectivity index (χ1v) is 10.6. The van der Waals surface area contributed by atoms with Crippen LogP contribution < -0.4 is 5.73 Å². The third kappa shape index (κ3) is 4.92. The Kier molecular flexibility index (Phi) is 7.46. The van der Waals surface area contributed by atoms with E-state index in [-0.39, 0.29) is 18.2 Å². The number of hydrogen-bond donors (Lipinski definition) is 1. The normalized spacial score (nSPS) is 15.8. The Balaban J connectivity index is 0.00000225. The Bertz CT molecular complexity index is 889. The van der Waals surface area contributed by atoms with Gasteiger partial charge in [0.15, 0.2) is 5.58 Å². The van der Waals surface area contributed by atoms with Crippen molar-refractivity contribution in [1.29, 1.82) is 0 Å². The molecule has 0 atom stereocenters. The van der Waals surface area contributed by atoms with Gasteiger partial charge in [0, 0.05) is 33.7 Å². The van der Waals surface area contributed by atoms with Crippen molar-refractivity contribution in [3.8, 4) is 0 Å². The number of aryl methyl sites for hydroxylation is 1. The summed E-state index contributed by atoms with van der Waals surface area (Å²) in [5.74, 6) is 0.135. The average molecular weight is 424 g/mol. The minimum Gasteiger partial charge on any atom is -0.356 e. The van der Waals surface area contributed by atoms with Crippen molar-refractivity contribution in [2.75, 3.05) is 19.6 Å². The molecule has 0 saturated carbocycles. The summed E-state index contributed by atoms with van der Waals surface area (Å²) in [5.41, 5.74) is 7.23. The van der Waals surface area contributed by atoms with Crippen LogP contribution in [-0.4, -0.2) is 29.7 Å². The SMILES string of the molecule is Cl.NCc1ccc(CCCCN2CCC(c3noc4cc(F)ccc34)CC2)s1. The molecule has 1 aromatic carbocycles. The number of halogens is 2. The van der Waals surface area contributed by atoms with Crippen molar-refractivity contribution in [1.82, 2.24) is 10.1 Å². The third-order valence-electron chi connectivity index (χ3n) is 5.50. The van der Waals surface area contributed by atoms with Gasteiger partial charge >= 0.3 is 0 Å². The Morgan fingerprint density at radius 1 is 1.14 bits per heavy atom. The molecule has 0 radical (unpaired) electrons. The molecule has 3 heterocycles. The molecule has 3 aromatic rings. The molecule has 152 valence electrons. The summed E-state index contributed by atoms with van der Waals surface area (Å²) in [4.78, 5) is 5.27. The predicted octanol–water partition coefficient (Wildman–Crippen LogP) is 5.11. The van der Waals surface area contributed by atoms with E-state index in [4.69, 9.17) is 10.3 Å². The monoisotopic (exact) mass is 423 g/mol. The van der Waals surface area contributed by atoms with E-state index in [1.807, 2.05) is 11.3 Å². The van der Waals surface area contributed by atoms with Crippen molar-refractivity contribution < 1.29 is 8.91 Å². The van der Waals surface area contributed by atoms with Gasteiger partial charge in [-0.3, -0.25) is 0 Å². The van der Waals surface area contributed by atoms with Crippen molar-refractivity contribution >= 4 is 34.7 Å². The number of nitrogens with two attached hydrogens (primary N) is 1. The van der Waals surface area contributed by atoms with E-state index >= 15 is 0 Å². The quantitative estimate of drug-likeness (QED) is 0.536. The zero-order valence-corrected chi connectivity index (χ0v) is 17.5. The molecule has 1 aliphatic heterocycles. The van der Waals surface area contributed by atoms with Crippen LogP contribution in [0.15, 0.2) is 34.9 Å². The topological polar surface area (TPSA) is 55.3 Å². The van der Waals surface area contributed by atoms with E-state index in [1.165, 1.54) is 34.7 Å². The number of benzene rings is 1. The molecule has 4 nitrogen and oxygen atoms in total. The first kappa shape index (κ1) is 21.2. The van der Waals surface area contributed by atoms with Crippen LogP contribution in [0.25, 0.3) is 11.0 Å². The van der Waals surface area contributed by atoms with Crippen LogP contribution in [0.3, 0.4) is 0 Å². The van der Waals surface area contributed by atoms with Crippen molar-refractivity contribution in [3.05, 3.63) is 51.6 Å². The maximum Gasteiger partial charge on any atom is 0.170 e. The van der Waals surface area contributed by atoms with E-state index in [1.54, 1.807) is 6.07 Å². The van der Waals surface area contributed by atoms with Crippen LogP contribution in [0.2, 0.25) is 0 Å². The largest absolute Gasteiger partial charge is 0.356 e. The van der Waals surface area contributed by atoms with E-state index < -0.39 is 0 Å².